The average molecular weight is 366 g/mol. The maximum atomic E-state index is 12.8. The highest BCUT2D eigenvalue weighted by Gasteiger charge is 2.30. The van der Waals surface area contributed by atoms with Crippen molar-refractivity contribution in [3.05, 3.63) is 58.4 Å². The van der Waals surface area contributed by atoms with Crippen LogP contribution in [0.3, 0.4) is 0 Å². The number of hydrogen-bond acceptors (Lipinski definition) is 4. The highest BCUT2D eigenvalue weighted by atomic mass is 32.1. The fraction of sp³-hybridized carbons (Fsp3) is 0.176. The highest BCUT2D eigenvalue weighted by molar-refractivity contribution is 7.14. The molecule has 0 spiro atoms. The molecule has 0 aliphatic rings. The second kappa shape index (κ2) is 6.36. The summed E-state index contributed by atoms with van der Waals surface area (Å²) in [5, 5.41) is 4.53. The standard InChI is InChI=1S/C17H13F3N2O2S/c1-9-6-13(10(2)24-9)15(23)22-16-21-14(8-25-16)11-4-3-5-12(7-11)17(18,19)20/h3-8H,1-2H3,(H,21,22,23). The van der Waals surface area contributed by atoms with Gasteiger partial charge in [-0.05, 0) is 32.0 Å². The Morgan fingerprint density at radius 3 is 2.64 bits per heavy atom. The van der Waals surface area contributed by atoms with Crippen molar-refractivity contribution in [2.75, 3.05) is 5.32 Å². The van der Waals surface area contributed by atoms with Gasteiger partial charge >= 0.3 is 6.18 Å². The molecule has 3 rings (SSSR count). The third-order valence-electron chi connectivity index (χ3n) is 3.50. The molecule has 0 saturated heterocycles. The Kier molecular flexibility index (Phi) is 4.38. The van der Waals surface area contributed by atoms with Gasteiger partial charge < -0.3 is 4.42 Å². The third kappa shape index (κ3) is 3.74. The Bertz CT molecular complexity index is 928. The van der Waals surface area contributed by atoms with Gasteiger partial charge in [-0.2, -0.15) is 13.2 Å². The van der Waals surface area contributed by atoms with E-state index in [4.69, 9.17) is 4.42 Å². The van der Waals surface area contributed by atoms with Gasteiger partial charge in [0.05, 0.1) is 16.8 Å². The van der Waals surface area contributed by atoms with Crippen molar-refractivity contribution in [3.63, 3.8) is 0 Å². The normalized spacial score (nSPS) is 11.6. The van der Waals surface area contributed by atoms with Crippen molar-refractivity contribution in [1.29, 1.82) is 0 Å². The quantitative estimate of drug-likeness (QED) is 0.685. The molecule has 0 fully saturated rings. The lowest BCUT2D eigenvalue weighted by molar-refractivity contribution is -0.137. The molecule has 0 aliphatic carbocycles. The smallest absolute Gasteiger partial charge is 0.416 e. The molecule has 2 heterocycles. The van der Waals surface area contributed by atoms with Gasteiger partial charge in [0, 0.05) is 10.9 Å². The molecular formula is C17H13F3N2O2S. The number of carbonyl (C=O) groups excluding carboxylic acids is 1. The summed E-state index contributed by atoms with van der Waals surface area (Å²) in [5.74, 6) is 0.732. The molecule has 0 aliphatic heterocycles. The molecule has 130 valence electrons. The summed E-state index contributed by atoms with van der Waals surface area (Å²) >= 11 is 1.14. The number of nitrogens with one attached hydrogen (secondary N) is 1. The number of furan rings is 1. The zero-order valence-electron chi connectivity index (χ0n) is 13.3. The number of carbonyl (C=O) groups is 1. The van der Waals surface area contributed by atoms with Gasteiger partial charge in [-0.25, -0.2) is 4.98 Å². The van der Waals surface area contributed by atoms with E-state index in [1.165, 1.54) is 6.07 Å². The first kappa shape index (κ1) is 17.2. The van der Waals surface area contributed by atoms with E-state index in [0.717, 1.165) is 23.5 Å². The third-order valence-corrected chi connectivity index (χ3v) is 4.25. The number of aryl methyl sites for hydroxylation is 2. The summed E-state index contributed by atoms with van der Waals surface area (Å²) in [4.78, 5) is 16.4. The topological polar surface area (TPSA) is 55.1 Å². The van der Waals surface area contributed by atoms with E-state index in [-0.39, 0.29) is 5.91 Å². The second-order valence-corrected chi connectivity index (χ2v) is 6.26. The van der Waals surface area contributed by atoms with Gasteiger partial charge in [0.2, 0.25) is 0 Å². The van der Waals surface area contributed by atoms with Crippen LogP contribution in [0.15, 0.2) is 40.1 Å². The number of benzene rings is 1. The molecule has 25 heavy (non-hydrogen) atoms. The average Bonchev–Trinajstić information content (AvgIpc) is 3.13. The van der Waals surface area contributed by atoms with Crippen LogP contribution in [-0.2, 0) is 6.18 Å². The Hall–Kier alpha value is -2.61. The maximum absolute atomic E-state index is 12.8. The van der Waals surface area contributed by atoms with Crippen LogP contribution >= 0.6 is 11.3 Å². The van der Waals surface area contributed by atoms with Gasteiger partial charge in [0.25, 0.3) is 5.91 Å². The predicted octanol–water partition coefficient (Wildman–Crippen LogP) is 5.29. The minimum atomic E-state index is -4.42. The molecule has 0 saturated carbocycles. The van der Waals surface area contributed by atoms with Crippen LogP contribution in [0.25, 0.3) is 11.3 Å². The number of nitrogens with zero attached hydrogens (tertiary/aromatic N) is 1. The first-order chi connectivity index (χ1) is 11.7. The van der Waals surface area contributed by atoms with Gasteiger partial charge in [0.1, 0.15) is 11.5 Å². The van der Waals surface area contributed by atoms with E-state index < -0.39 is 11.7 Å². The van der Waals surface area contributed by atoms with Crippen molar-refractivity contribution < 1.29 is 22.4 Å². The van der Waals surface area contributed by atoms with E-state index in [2.05, 4.69) is 10.3 Å². The van der Waals surface area contributed by atoms with Gasteiger partial charge in [0.15, 0.2) is 5.13 Å². The Balaban J connectivity index is 1.81. The van der Waals surface area contributed by atoms with Gasteiger partial charge in [-0.3, -0.25) is 10.1 Å². The highest BCUT2D eigenvalue weighted by Crippen LogP contribution is 2.33. The van der Waals surface area contributed by atoms with E-state index >= 15 is 0 Å². The Morgan fingerprint density at radius 1 is 1.24 bits per heavy atom. The number of hydrogen-bond donors (Lipinski definition) is 1. The number of anilines is 1. The number of thiazole rings is 1. The fourth-order valence-corrected chi connectivity index (χ4v) is 3.05. The minimum Gasteiger partial charge on any atom is -0.466 e. The van der Waals surface area contributed by atoms with Crippen LogP contribution in [0.1, 0.15) is 27.4 Å². The molecule has 0 unspecified atom stereocenters. The van der Waals surface area contributed by atoms with Crippen LogP contribution in [0.2, 0.25) is 0 Å². The lowest BCUT2D eigenvalue weighted by atomic mass is 10.1. The lowest BCUT2D eigenvalue weighted by Crippen LogP contribution is -2.11. The number of halogens is 3. The molecule has 0 atom stereocenters. The number of alkyl halides is 3. The summed E-state index contributed by atoms with van der Waals surface area (Å²) in [6, 6.07) is 6.52. The van der Waals surface area contributed by atoms with Crippen LogP contribution in [0, 0.1) is 13.8 Å². The van der Waals surface area contributed by atoms with Gasteiger partial charge in [-0.1, -0.05) is 12.1 Å². The van der Waals surface area contributed by atoms with Crippen molar-refractivity contribution in [2.24, 2.45) is 0 Å². The predicted molar refractivity (Wildman–Crippen MR) is 88.7 cm³/mol. The molecule has 4 nitrogen and oxygen atoms in total. The van der Waals surface area contributed by atoms with E-state index in [1.54, 1.807) is 31.4 Å². The van der Waals surface area contributed by atoms with Crippen molar-refractivity contribution >= 4 is 22.4 Å². The maximum Gasteiger partial charge on any atom is 0.416 e. The monoisotopic (exact) mass is 366 g/mol. The number of aromatic nitrogens is 1. The lowest BCUT2D eigenvalue weighted by Gasteiger charge is -2.07. The molecular weight excluding hydrogens is 353 g/mol. The van der Waals surface area contributed by atoms with Crippen molar-refractivity contribution in [2.45, 2.75) is 20.0 Å². The van der Waals surface area contributed by atoms with Crippen molar-refractivity contribution in [3.8, 4) is 11.3 Å². The summed E-state index contributed by atoms with van der Waals surface area (Å²) in [6.07, 6.45) is -4.42. The zero-order valence-corrected chi connectivity index (χ0v) is 14.1. The van der Waals surface area contributed by atoms with E-state index in [9.17, 15) is 18.0 Å². The first-order valence-corrected chi connectivity index (χ1v) is 8.13. The SMILES string of the molecule is Cc1cc(C(=O)Nc2nc(-c3cccc(C(F)(F)F)c3)cs2)c(C)o1. The molecule has 3 aromatic rings. The van der Waals surface area contributed by atoms with Crippen LogP contribution in [0.4, 0.5) is 18.3 Å². The summed E-state index contributed by atoms with van der Waals surface area (Å²) in [6.45, 7) is 3.41. The molecule has 1 N–H and O–H groups in total. The summed E-state index contributed by atoms with van der Waals surface area (Å²) in [5.41, 5.74) is 0.356. The fourth-order valence-electron chi connectivity index (χ4n) is 2.34. The molecule has 0 bridgehead atoms. The molecule has 1 aromatic carbocycles. The van der Waals surface area contributed by atoms with E-state index in [1.807, 2.05) is 0 Å². The molecule has 1 amide bonds. The van der Waals surface area contributed by atoms with E-state index in [0.29, 0.717) is 33.5 Å². The summed E-state index contributed by atoms with van der Waals surface area (Å²) in [7, 11) is 0. The first-order valence-electron chi connectivity index (χ1n) is 7.25. The summed E-state index contributed by atoms with van der Waals surface area (Å²) < 4.78 is 43.7. The van der Waals surface area contributed by atoms with Crippen LogP contribution in [0.5, 0.6) is 0 Å². The zero-order chi connectivity index (χ0) is 18.2. The number of amides is 1. The molecule has 8 heteroatoms. The second-order valence-electron chi connectivity index (χ2n) is 5.40. The van der Waals surface area contributed by atoms with Crippen LogP contribution < -0.4 is 5.32 Å². The Morgan fingerprint density at radius 2 is 2.00 bits per heavy atom. The Labute approximate surface area is 145 Å². The minimum absolute atomic E-state index is 0.302. The number of rotatable bonds is 3. The van der Waals surface area contributed by atoms with Crippen LogP contribution in [-0.4, -0.2) is 10.9 Å². The van der Waals surface area contributed by atoms with Crippen molar-refractivity contribution in [1.82, 2.24) is 4.98 Å². The van der Waals surface area contributed by atoms with Gasteiger partial charge in [-0.15, -0.1) is 11.3 Å². The largest absolute Gasteiger partial charge is 0.466 e. The molecule has 2 aromatic heterocycles. The molecule has 0 radical (unpaired) electrons.